The summed E-state index contributed by atoms with van der Waals surface area (Å²) in [6, 6.07) is 7.19. The molecule has 0 unspecified atom stereocenters. The fraction of sp³-hybridized carbons (Fsp3) is 0.400. The molecule has 0 aliphatic rings. The second-order valence-electron chi connectivity index (χ2n) is 6.90. The van der Waals surface area contributed by atoms with Gasteiger partial charge in [-0.15, -0.1) is 10.2 Å². The van der Waals surface area contributed by atoms with E-state index in [0.29, 0.717) is 22.3 Å². The van der Waals surface area contributed by atoms with Crippen LogP contribution in [0.5, 0.6) is 5.75 Å². The van der Waals surface area contributed by atoms with Crippen LogP contribution in [0.2, 0.25) is 5.02 Å². The van der Waals surface area contributed by atoms with Crippen LogP contribution < -0.4 is 4.74 Å². The van der Waals surface area contributed by atoms with Gasteiger partial charge in [-0.25, -0.2) is 18.4 Å². The Labute approximate surface area is 191 Å². The summed E-state index contributed by atoms with van der Waals surface area (Å²) in [6.07, 6.45) is 1.90. The molecule has 172 valence electrons. The SMILES string of the molecule is COCc1nnc(CS(=O)(=O)[C@@H](C)[C@H](OC)c2ncc(Cl)cn2)n1-c1ccccc1OC. The quantitative estimate of drug-likeness (QED) is 0.430. The van der Waals surface area contributed by atoms with Crippen LogP contribution in [0.3, 0.4) is 0 Å². The van der Waals surface area contributed by atoms with Gasteiger partial charge in [0.25, 0.3) is 0 Å². The Morgan fingerprint density at radius 2 is 1.72 bits per heavy atom. The first-order chi connectivity index (χ1) is 15.3. The molecule has 0 aliphatic carbocycles. The Bertz CT molecular complexity index is 1150. The largest absolute Gasteiger partial charge is 0.495 e. The van der Waals surface area contributed by atoms with E-state index < -0.39 is 26.9 Å². The van der Waals surface area contributed by atoms with E-state index in [-0.39, 0.29) is 18.3 Å². The molecule has 0 bridgehead atoms. The fourth-order valence-electron chi connectivity index (χ4n) is 3.24. The molecular formula is C20H24ClN5O5S. The smallest absolute Gasteiger partial charge is 0.163 e. The molecule has 3 rings (SSSR count). The van der Waals surface area contributed by atoms with E-state index in [1.807, 2.05) is 12.1 Å². The molecule has 0 spiro atoms. The standard InChI is InChI=1S/C20H24ClN5O5S/c1-13(19(31-4)20-22-9-14(21)10-23-20)32(27,28)12-18-25-24-17(11-29-2)26(18)15-7-5-6-8-16(15)30-3/h5-10,13,19H,11-12H2,1-4H3/t13-,19-/m0/s1. The Morgan fingerprint density at radius 3 is 2.34 bits per heavy atom. The molecule has 0 amide bonds. The van der Waals surface area contributed by atoms with Gasteiger partial charge >= 0.3 is 0 Å². The van der Waals surface area contributed by atoms with Crippen molar-refractivity contribution < 1.29 is 22.6 Å². The summed E-state index contributed by atoms with van der Waals surface area (Å²) < 4.78 is 44.4. The molecule has 0 saturated carbocycles. The highest BCUT2D eigenvalue weighted by molar-refractivity contribution is 7.91. The third-order valence-electron chi connectivity index (χ3n) is 4.87. The first-order valence-electron chi connectivity index (χ1n) is 9.59. The number of hydrogen-bond donors (Lipinski definition) is 0. The third-order valence-corrected chi connectivity index (χ3v) is 7.10. The lowest BCUT2D eigenvalue weighted by molar-refractivity contribution is 0.0948. The molecule has 1 aromatic carbocycles. The number of hydrogen-bond acceptors (Lipinski definition) is 9. The fourth-order valence-corrected chi connectivity index (χ4v) is 4.75. The van der Waals surface area contributed by atoms with E-state index in [2.05, 4.69) is 20.2 Å². The molecule has 2 atom stereocenters. The van der Waals surface area contributed by atoms with Gasteiger partial charge in [-0.1, -0.05) is 23.7 Å². The summed E-state index contributed by atoms with van der Waals surface area (Å²) in [7, 11) is 0.685. The highest BCUT2D eigenvalue weighted by Gasteiger charge is 2.34. The molecule has 2 heterocycles. The lowest BCUT2D eigenvalue weighted by Gasteiger charge is -2.22. The normalized spacial score (nSPS) is 13.7. The van der Waals surface area contributed by atoms with Gasteiger partial charge in [-0.05, 0) is 19.1 Å². The number of benzene rings is 1. The maximum Gasteiger partial charge on any atom is 0.163 e. The summed E-state index contributed by atoms with van der Waals surface area (Å²) in [5.41, 5.74) is 0.606. The molecule has 0 radical (unpaired) electrons. The van der Waals surface area contributed by atoms with Crippen LogP contribution in [0.4, 0.5) is 0 Å². The Morgan fingerprint density at radius 1 is 1.06 bits per heavy atom. The van der Waals surface area contributed by atoms with Gasteiger partial charge in [-0.3, -0.25) is 4.57 Å². The van der Waals surface area contributed by atoms with E-state index >= 15 is 0 Å². The van der Waals surface area contributed by atoms with Gasteiger partial charge in [0.15, 0.2) is 27.3 Å². The minimum Gasteiger partial charge on any atom is -0.495 e. The molecule has 0 N–H and O–H groups in total. The van der Waals surface area contributed by atoms with Crippen molar-refractivity contribution in [1.82, 2.24) is 24.7 Å². The minimum absolute atomic E-state index is 0.139. The van der Waals surface area contributed by atoms with E-state index in [1.54, 1.807) is 23.6 Å². The molecule has 32 heavy (non-hydrogen) atoms. The van der Waals surface area contributed by atoms with Crippen LogP contribution in [0.25, 0.3) is 5.69 Å². The van der Waals surface area contributed by atoms with Crippen LogP contribution in [-0.4, -0.2) is 59.7 Å². The van der Waals surface area contributed by atoms with Gasteiger partial charge in [0.05, 0.1) is 23.1 Å². The molecule has 0 fully saturated rings. The summed E-state index contributed by atoms with van der Waals surface area (Å²) in [6.45, 7) is 1.68. The maximum absolute atomic E-state index is 13.3. The van der Waals surface area contributed by atoms with Gasteiger partial charge in [0.2, 0.25) is 0 Å². The number of aromatic nitrogens is 5. The zero-order valence-electron chi connectivity index (χ0n) is 18.1. The van der Waals surface area contributed by atoms with Crippen molar-refractivity contribution in [3.8, 4) is 11.4 Å². The topological polar surface area (TPSA) is 118 Å². The predicted octanol–water partition coefficient (Wildman–Crippen LogP) is 2.56. The Kier molecular flexibility index (Phi) is 7.77. The highest BCUT2D eigenvalue weighted by Crippen LogP contribution is 2.29. The Hall–Kier alpha value is -2.60. The third kappa shape index (κ3) is 5.07. The molecular weight excluding hydrogens is 458 g/mol. The van der Waals surface area contributed by atoms with Crippen LogP contribution in [-0.2, 0) is 31.7 Å². The van der Waals surface area contributed by atoms with Crippen LogP contribution >= 0.6 is 11.6 Å². The number of methoxy groups -OCH3 is 3. The number of halogens is 1. The van der Waals surface area contributed by atoms with E-state index in [9.17, 15) is 8.42 Å². The summed E-state index contributed by atoms with van der Waals surface area (Å²) in [4.78, 5) is 8.22. The van der Waals surface area contributed by atoms with Crippen LogP contribution in [0.15, 0.2) is 36.7 Å². The number of sulfone groups is 1. The van der Waals surface area contributed by atoms with Gasteiger partial charge in [-0.2, -0.15) is 0 Å². The number of nitrogens with zero attached hydrogens (tertiary/aromatic N) is 5. The molecule has 0 saturated heterocycles. The Balaban J connectivity index is 1.99. The first-order valence-corrected chi connectivity index (χ1v) is 11.7. The van der Waals surface area contributed by atoms with Crippen molar-refractivity contribution in [2.24, 2.45) is 0 Å². The molecule has 12 heteroatoms. The van der Waals surface area contributed by atoms with Crippen LogP contribution in [0, 0.1) is 0 Å². The molecule has 3 aromatic rings. The zero-order chi connectivity index (χ0) is 23.3. The van der Waals surface area contributed by atoms with E-state index in [4.69, 9.17) is 25.8 Å². The average Bonchev–Trinajstić information content (AvgIpc) is 3.16. The van der Waals surface area contributed by atoms with Crippen molar-refractivity contribution >= 4 is 21.4 Å². The molecule has 2 aromatic heterocycles. The minimum atomic E-state index is -3.78. The maximum atomic E-state index is 13.3. The first kappa shape index (κ1) is 24.1. The summed E-state index contributed by atoms with van der Waals surface area (Å²) >= 11 is 5.84. The molecule has 10 nitrogen and oxygen atoms in total. The number of ether oxygens (including phenoxy) is 3. The lowest BCUT2D eigenvalue weighted by atomic mass is 10.2. The van der Waals surface area contributed by atoms with Crippen molar-refractivity contribution in [1.29, 1.82) is 0 Å². The molecule has 0 aliphatic heterocycles. The second-order valence-corrected chi connectivity index (χ2v) is 9.70. The van der Waals surface area contributed by atoms with E-state index in [0.717, 1.165) is 0 Å². The monoisotopic (exact) mass is 481 g/mol. The predicted molar refractivity (Wildman–Crippen MR) is 118 cm³/mol. The number of rotatable bonds is 10. The van der Waals surface area contributed by atoms with Crippen molar-refractivity contribution in [2.75, 3.05) is 21.3 Å². The van der Waals surface area contributed by atoms with Crippen molar-refractivity contribution in [3.05, 3.63) is 59.2 Å². The zero-order valence-corrected chi connectivity index (χ0v) is 19.7. The number of para-hydroxylation sites is 2. The van der Waals surface area contributed by atoms with Gasteiger partial charge in [0.1, 0.15) is 24.2 Å². The van der Waals surface area contributed by atoms with Crippen molar-refractivity contribution in [2.45, 2.75) is 30.6 Å². The van der Waals surface area contributed by atoms with Gasteiger partial charge < -0.3 is 14.2 Å². The van der Waals surface area contributed by atoms with Gasteiger partial charge in [0, 0.05) is 26.6 Å². The van der Waals surface area contributed by atoms with Crippen molar-refractivity contribution in [3.63, 3.8) is 0 Å². The lowest BCUT2D eigenvalue weighted by Crippen LogP contribution is -2.30. The summed E-state index contributed by atoms with van der Waals surface area (Å²) in [5, 5.41) is 7.64. The van der Waals surface area contributed by atoms with E-state index in [1.165, 1.54) is 33.7 Å². The highest BCUT2D eigenvalue weighted by atomic mass is 35.5. The average molecular weight is 482 g/mol. The summed E-state index contributed by atoms with van der Waals surface area (Å²) in [5.74, 6) is 1.04. The van der Waals surface area contributed by atoms with Crippen LogP contribution in [0.1, 0.15) is 30.5 Å². The second kappa shape index (κ2) is 10.3.